The number of carbonyl (C=O) groups excluding carboxylic acids is 2. The second-order valence-corrected chi connectivity index (χ2v) is 4.98. The maximum absolute atomic E-state index is 11.6. The van der Waals surface area contributed by atoms with Gasteiger partial charge >= 0.3 is 0 Å². The second kappa shape index (κ2) is 9.78. The first-order chi connectivity index (χ1) is 10.5. The Morgan fingerprint density at radius 3 is 2.36 bits per heavy atom. The fourth-order valence-electron chi connectivity index (χ4n) is 1.69. The van der Waals surface area contributed by atoms with E-state index < -0.39 is 0 Å². The Kier molecular flexibility index (Phi) is 7.99. The van der Waals surface area contributed by atoms with Crippen LogP contribution in [-0.2, 0) is 14.3 Å². The molecule has 0 aliphatic heterocycles. The molecule has 1 aromatic carbocycles. The molecule has 22 heavy (non-hydrogen) atoms. The highest BCUT2D eigenvalue weighted by Crippen LogP contribution is 2.16. The van der Waals surface area contributed by atoms with Crippen molar-refractivity contribution < 1.29 is 19.1 Å². The molecule has 0 spiro atoms. The first kappa shape index (κ1) is 18.0. The van der Waals surface area contributed by atoms with Crippen LogP contribution in [0.5, 0.6) is 5.75 Å². The summed E-state index contributed by atoms with van der Waals surface area (Å²) in [5, 5.41) is 5.37. The summed E-state index contributed by atoms with van der Waals surface area (Å²) >= 11 is 0. The lowest BCUT2D eigenvalue weighted by atomic mass is 10.1. The second-order valence-electron chi connectivity index (χ2n) is 4.98. The van der Waals surface area contributed by atoms with Crippen LogP contribution in [0.4, 0.5) is 0 Å². The molecule has 0 saturated carbocycles. The predicted molar refractivity (Wildman–Crippen MR) is 83.9 cm³/mol. The number of hydrogen-bond donors (Lipinski definition) is 2. The van der Waals surface area contributed by atoms with Gasteiger partial charge in [0.2, 0.25) is 5.91 Å². The Bertz CT molecular complexity index is 503. The molecule has 0 heterocycles. The number of aryl methyl sites for hydroxylation is 2. The molecule has 2 N–H and O–H groups in total. The predicted octanol–water partition coefficient (Wildman–Crippen LogP) is 0.951. The fourth-order valence-corrected chi connectivity index (χ4v) is 1.69. The zero-order chi connectivity index (χ0) is 16.4. The summed E-state index contributed by atoms with van der Waals surface area (Å²) in [7, 11) is 1.54. The van der Waals surface area contributed by atoms with E-state index in [1.165, 1.54) is 5.56 Å². The molecule has 0 unspecified atom stereocenters. The van der Waals surface area contributed by atoms with E-state index >= 15 is 0 Å². The van der Waals surface area contributed by atoms with Crippen molar-refractivity contribution in [3.8, 4) is 5.75 Å². The first-order valence-electron chi connectivity index (χ1n) is 7.25. The van der Waals surface area contributed by atoms with Crippen molar-refractivity contribution in [2.24, 2.45) is 0 Å². The van der Waals surface area contributed by atoms with Gasteiger partial charge in [-0.15, -0.1) is 0 Å². The minimum Gasteiger partial charge on any atom is -0.484 e. The van der Waals surface area contributed by atoms with Gasteiger partial charge in [0.25, 0.3) is 5.91 Å². The lowest BCUT2D eigenvalue weighted by Gasteiger charge is -2.09. The summed E-state index contributed by atoms with van der Waals surface area (Å²) in [6.45, 7) is 5.12. The lowest BCUT2D eigenvalue weighted by molar-refractivity contribution is -0.124. The maximum Gasteiger partial charge on any atom is 0.258 e. The van der Waals surface area contributed by atoms with Gasteiger partial charge in [-0.05, 0) is 37.1 Å². The summed E-state index contributed by atoms with van der Waals surface area (Å²) in [6.07, 6.45) is 0.320. The van der Waals surface area contributed by atoms with Crippen molar-refractivity contribution in [2.75, 3.05) is 33.4 Å². The van der Waals surface area contributed by atoms with E-state index in [9.17, 15) is 9.59 Å². The molecule has 1 rings (SSSR count). The van der Waals surface area contributed by atoms with Gasteiger partial charge < -0.3 is 20.1 Å². The third kappa shape index (κ3) is 7.08. The van der Waals surface area contributed by atoms with E-state index in [2.05, 4.69) is 10.6 Å². The molecule has 2 amide bonds. The van der Waals surface area contributed by atoms with Crippen molar-refractivity contribution >= 4 is 11.8 Å². The quantitative estimate of drug-likeness (QED) is 0.666. The van der Waals surface area contributed by atoms with E-state index in [0.29, 0.717) is 31.9 Å². The molecule has 0 aromatic heterocycles. The minimum atomic E-state index is -0.218. The number of nitrogens with one attached hydrogen (secondary N) is 2. The largest absolute Gasteiger partial charge is 0.484 e. The number of rotatable bonds is 9. The van der Waals surface area contributed by atoms with Crippen LogP contribution in [0.1, 0.15) is 17.5 Å². The summed E-state index contributed by atoms with van der Waals surface area (Å²) < 4.78 is 10.2. The van der Waals surface area contributed by atoms with E-state index in [0.717, 1.165) is 5.56 Å². The van der Waals surface area contributed by atoms with Crippen LogP contribution in [0.3, 0.4) is 0 Å². The Morgan fingerprint density at radius 1 is 1.05 bits per heavy atom. The SMILES string of the molecule is COCCC(=O)NCCNC(=O)COc1ccc(C)c(C)c1. The number of hydrogen-bond acceptors (Lipinski definition) is 4. The Hall–Kier alpha value is -2.08. The van der Waals surface area contributed by atoms with Gasteiger partial charge in [-0.3, -0.25) is 9.59 Å². The maximum atomic E-state index is 11.6. The van der Waals surface area contributed by atoms with Crippen molar-refractivity contribution in [1.82, 2.24) is 10.6 Å². The van der Waals surface area contributed by atoms with Crippen LogP contribution in [0.2, 0.25) is 0 Å². The zero-order valence-electron chi connectivity index (χ0n) is 13.4. The van der Waals surface area contributed by atoms with Crippen molar-refractivity contribution in [1.29, 1.82) is 0 Å². The van der Waals surface area contributed by atoms with E-state index in [1.807, 2.05) is 32.0 Å². The summed E-state index contributed by atoms with van der Waals surface area (Å²) in [5.74, 6) is 0.359. The molecule has 0 fully saturated rings. The highest BCUT2D eigenvalue weighted by atomic mass is 16.5. The third-order valence-electron chi connectivity index (χ3n) is 3.15. The molecule has 6 nitrogen and oxygen atoms in total. The molecule has 1 aromatic rings. The highest BCUT2D eigenvalue weighted by molar-refractivity contribution is 5.78. The minimum absolute atomic E-state index is 0.0415. The lowest BCUT2D eigenvalue weighted by Crippen LogP contribution is -2.37. The normalized spacial score (nSPS) is 10.1. The van der Waals surface area contributed by atoms with Gasteiger partial charge in [0.05, 0.1) is 6.61 Å². The zero-order valence-corrected chi connectivity index (χ0v) is 13.4. The van der Waals surface area contributed by atoms with E-state index in [-0.39, 0.29) is 18.4 Å². The highest BCUT2D eigenvalue weighted by Gasteiger charge is 2.04. The van der Waals surface area contributed by atoms with Crippen molar-refractivity contribution in [3.63, 3.8) is 0 Å². The molecule has 0 radical (unpaired) electrons. The molecule has 6 heteroatoms. The topological polar surface area (TPSA) is 76.7 Å². The molecular weight excluding hydrogens is 284 g/mol. The van der Waals surface area contributed by atoms with Gasteiger partial charge in [-0.1, -0.05) is 6.07 Å². The monoisotopic (exact) mass is 308 g/mol. The number of methoxy groups -OCH3 is 1. The first-order valence-corrected chi connectivity index (χ1v) is 7.25. The third-order valence-corrected chi connectivity index (χ3v) is 3.15. The average Bonchev–Trinajstić information content (AvgIpc) is 2.50. The van der Waals surface area contributed by atoms with Crippen LogP contribution < -0.4 is 15.4 Å². The van der Waals surface area contributed by atoms with Gasteiger partial charge in [-0.25, -0.2) is 0 Å². The summed E-state index contributed by atoms with van der Waals surface area (Å²) in [4.78, 5) is 22.9. The van der Waals surface area contributed by atoms with Crippen LogP contribution >= 0.6 is 0 Å². The van der Waals surface area contributed by atoms with Gasteiger partial charge in [0, 0.05) is 26.6 Å². The molecule has 0 bridgehead atoms. The van der Waals surface area contributed by atoms with Crippen LogP contribution in [0.15, 0.2) is 18.2 Å². The Balaban J connectivity index is 2.15. The van der Waals surface area contributed by atoms with E-state index in [1.54, 1.807) is 7.11 Å². The van der Waals surface area contributed by atoms with Crippen molar-refractivity contribution in [2.45, 2.75) is 20.3 Å². The number of benzene rings is 1. The summed E-state index contributed by atoms with van der Waals surface area (Å²) in [6, 6.07) is 5.70. The molecule has 0 saturated heterocycles. The van der Waals surface area contributed by atoms with Gasteiger partial charge in [-0.2, -0.15) is 0 Å². The van der Waals surface area contributed by atoms with Crippen LogP contribution in [0, 0.1) is 13.8 Å². The average molecular weight is 308 g/mol. The molecule has 0 aliphatic rings. The van der Waals surface area contributed by atoms with Crippen molar-refractivity contribution in [3.05, 3.63) is 29.3 Å². The number of amides is 2. The number of ether oxygens (including phenoxy) is 2. The molecule has 122 valence electrons. The smallest absolute Gasteiger partial charge is 0.258 e. The molecule has 0 aliphatic carbocycles. The van der Waals surface area contributed by atoms with E-state index in [4.69, 9.17) is 9.47 Å². The van der Waals surface area contributed by atoms with Crippen LogP contribution in [0.25, 0.3) is 0 Å². The van der Waals surface area contributed by atoms with Crippen LogP contribution in [-0.4, -0.2) is 45.2 Å². The Morgan fingerprint density at radius 2 is 1.73 bits per heavy atom. The Labute approximate surface area is 131 Å². The van der Waals surface area contributed by atoms with Gasteiger partial charge in [0.15, 0.2) is 6.61 Å². The standard InChI is InChI=1S/C16H24N2O4/c1-12-4-5-14(10-13(12)2)22-11-16(20)18-8-7-17-15(19)6-9-21-3/h4-5,10H,6-9,11H2,1-3H3,(H,17,19)(H,18,20). The van der Waals surface area contributed by atoms with Gasteiger partial charge in [0.1, 0.15) is 5.75 Å². The fraction of sp³-hybridized carbons (Fsp3) is 0.500. The molecular formula is C16H24N2O4. The molecule has 0 atom stereocenters. The number of carbonyl (C=O) groups is 2. The summed E-state index contributed by atoms with van der Waals surface area (Å²) in [5.41, 5.74) is 2.30.